The smallest absolute Gasteiger partial charge is 0.246 e. The Kier molecular flexibility index (Phi) is 6.31. The van der Waals surface area contributed by atoms with Gasteiger partial charge in [-0.25, -0.2) is 0 Å². The van der Waals surface area contributed by atoms with Crippen LogP contribution in [0.3, 0.4) is 0 Å². The minimum absolute atomic E-state index is 0.0631. The maximum Gasteiger partial charge on any atom is 0.246 e. The fourth-order valence-corrected chi connectivity index (χ4v) is 3.18. The molecular formula is C22H27N3O3. The van der Waals surface area contributed by atoms with Crippen molar-refractivity contribution < 1.29 is 14.3 Å². The number of aryl methyl sites for hydroxylation is 1. The average Bonchev–Trinajstić information content (AvgIpc) is 3.46. The number of carbonyl (C=O) groups is 2. The zero-order chi connectivity index (χ0) is 20.1. The summed E-state index contributed by atoms with van der Waals surface area (Å²) in [5.74, 6) is 0.323. The van der Waals surface area contributed by atoms with Gasteiger partial charge in [0.25, 0.3) is 0 Å². The molecule has 0 spiro atoms. The highest BCUT2D eigenvalue weighted by Gasteiger charge is 2.29. The molecule has 1 saturated carbocycles. The molecule has 3 rings (SSSR count). The number of ether oxygens (including phenoxy) is 1. The van der Waals surface area contributed by atoms with Crippen molar-refractivity contribution in [2.75, 3.05) is 26.0 Å². The third kappa shape index (κ3) is 5.10. The minimum Gasteiger partial charge on any atom is -0.495 e. The van der Waals surface area contributed by atoms with Gasteiger partial charge in [-0.1, -0.05) is 36.4 Å². The topological polar surface area (TPSA) is 70.7 Å². The van der Waals surface area contributed by atoms with E-state index in [1.165, 1.54) is 0 Å². The molecule has 1 aliphatic rings. The summed E-state index contributed by atoms with van der Waals surface area (Å²) in [6.07, 6.45) is 2.07. The zero-order valence-corrected chi connectivity index (χ0v) is 16.6. The molecule has 1 atom stereocenters. The predicted octanol–water partition coefficient (Wildman–Crippen LogP) is 2.89. The van der Waals surface area contributed by atoms with Crippen molar-refractivity contribution in [2.24, 2.45) is 0 Å². The molecule has 2 N–H and O–H groups in total. The largest absolute Gasteiger partial charge is 0.495 e. The second-order valence-electron chi connectivity index (χ2n) is 7.26. The second kappa shape index (κ2) is 8.89. The predicted molar refractivity (Wildman–Crippen MR) is 109 cm³/mol. The Hall–Kier alpha value is -2.86. The van der Waals surface area contributed by atoms with Gasteiger partial charge in [-0.15, -0.1) is 0 Å². The summed E-state index contributed by atoms with van der Waals surface area (Å²) < 4.78 is 5.37. The van der Waals surface area contributed by atoms with E-state index in [4.69, 9.17) is 4.74 Å². The molecule has 0 saturated heterocycles. The lowest BCUT2D eigenvalue weighted by molar-refractivity contribution is -0.125. The number of likely N-dealkylation sites (N-methyl/N-ethyl adjacent to an activating group) is 1. The SMILES string of the molecule is COc1ccc(C)cc1NC(=O)[C@@H](c1ccccc1)N(C)CC(=O)NC1CC1. The van der Waals surface area contributed by atoms with Crippen LogP contribution >= 0.6 is 0 Å². The lowest BCUT2D eigenvalue weighted by Crippen LogP contribution is -2.41. The van der Waals surface area contributed by atoms with Crippen LogP contribution in [0.25, 0.3) is 0 Å². The standard InChI is InChI=1S/C22H27N3O3/c1-15-9-12-19(28-3)18(13-15)24-22(27)21(16-7-5-4-6-8-16)25(2)14-20(26)23-17-10-11-17/h4-9,12-13,17,21H,10-11,14H2,1-3H3,(H,23,26)(H,24,27)/t21-/m1/s1. The van der Waals surface area contributed by atoms with E-state index in [1.54, 1.807) is 19.1 Å². The summed E-state index contributed by atoms with van der Waals surface area (Å²) in [6.45, 7) is 2.10. The molecule has 1 aliphatic carbocycles. The molecule has 2 amide bonds. The Morgan fingerprint density at radius 3 is 2.54 bits per heavy atom. The van der Waals surface area contributed by atoms with Crippen LogP contribution in [0.4, 0.5) is 5.69 Å². The van der Waals surface area contributed by atoms with Crippen LogP contribution in [-0.4, -0.2) is 43.5 Å². The van der Waals surface area contributed by atoms with Gasteiger partial charge in [-0.05, 0) is 50.1 Å². The number of benzene rings is 2. The number of methoxy groups -OCH3 is 1. The van der Waals surface area contributed by atoms with Gasteiger partial charge >= 0.3 is 0 Å². The number of anilines is 1. The van der Waals surface area contributed by atoms with Crippen molar-refractivity contribution in [2.45, 2.75) is 31.8 Å². The number of nitrogens with one attached hydrogen (secondary N) is 2. The molecule has 0 aliphatic heterocycles. The Bertz CT molecular complexity index is 834. The number of amides is 2. The molecule has 1 fully saturated rings. The number of carbonyl (C=O) groups excluding carboxylic acids is 2. The Balaban J connectivity index is 1.80. The quantitative estimate of drug-likeness (QED) is 0.738. The number of hydrogen-bond donors (Lipinski definition) is 2. The Morgan fingerprint density at radius 1 is 1.18 bits per heavy atom. The maximum absolute atomic E-state index is 13.2. The number of nitrogens with zero attached hydrogens (tertiary/aromatic N) is 1. The lowest BCUT2D eigenvalue weighted by Gasteiger charge is -2.27. The maximum atomic E-state index is 13.2. The average molecular weight is 381 g/mol. The van der Waals surface area contributed by atoms with E-state index >= 15 is 0 Å². The van der Waals surface area contributed by atoms with E-state index in [-0.39, 0.29) is 18.4 Å². The van der Waals surface area contributed by atoms with Crippen LogP contribution in [0.2, 0.25) is 0 Å². The molecule has 0 aromatic heterocycles. The molecule has 148 valence electrons. The van der Waals surface area contributed by atoms with Crippen LogP contribution < -0.4 is 15.4 Å². The third-order valence-corrected chi connectivity index (χ3v) is 4.75. The van der Waals surface area contributed by atoms with Crippen molar-refractivity contribution in [3.63, 3.8) is 0 Å². The van der Waals surface area contributed by atoms with Crippen LogP contribution in [0.5, 0.6) is 5.75 Å². The van der Waals surface area contributed by atoms with Gasteiger partial charge in [-0.2, -0.15) is 0 Å². The lowest BCUT2D eigenvalue weighted by atomic mass is 10.0. The molecule has 6 heteroatoms. The van der Waals surface area contributed by atoms with E-state index in [0.29, 0.717) is 17.5 Å². The van der Waals surface area contributed by atoms with Crippen molar-refractivity contribution >= 4 is 17.5 Å². The second-order valence-corrected chi connectivity index (χ2v) is 7.26. The summed E-state index contributed by atoms with van der Waals surface area (Å²) in [5, 5.41) is 5.94. The minimum atomic E-state index is -0.601. The van der Waals surface area contributed by atoms with Gasteiger partial charge in [0, 0.05) is 6.04 Å². The van der Waals surface area contributed by atoms with Gasteiger partial charge in [0.2, 0.25) is 11.8 Å². The molecule has 28 heavy (non-hydrogen) atoms. The van der Waals surface area contributed by atoms with E-state index in [9.17, 15) is 9.59 Å². The van der Waals surface area contributed by atoms with Crippen LogP contribution in [0.15, 0.2) is 48.5 Å². The first kappa shape index (κ1) is 19.9. The summed E-state index contributed by atoms with van der Waals surface area (Å²) in [7, 11) is 3.36. The number of rotatable bonds is 8. The molecule has 0 heterocycles. The number of hydrogen-bond acceptors (Lipinski definition) is 4. The van der Waals surface area contributed by atoms with Gasteiger partial charge in [0.15, 0.2) is 0 Å². The molecule has 0 bridgehead atoms. The normalized spacial score (nSPS) is 14.4. The highest BCUT2D eigenvalue weighted by Crippen LogP contribution is 2.28. The highest BCUT2D eigenvalue weighted by atomic mass is 16.5. The summed E-state index contributed by atoms with van der Waals surface area (Å²) in [6, 6.07) is 14.8. The van der Waals surface area contributed by atoms with Gasteiger partial charge in [-0.3, -0.25) is 14.5 Å². The molecule has 2 aromatic carbocycles. The summed E-state index contributed by atoms with van der Waals surface area (Å²) >= 11 is 0. The van der Waals surface area contributed by atoms with E-state index < -0.39 is 6.04 Å². The highest BCUT2D eigenvalue weighted by molar-refractivity contribution is 5.97. The van der Waals surface area contributed by atoms with E-state index in [1.807, 2.05) is 55.5 Å². The van der Waals surface area contributed by atoms with E-state index in [2.05, 4.69) is 10.6 Å². The van der Waals surface area contributed by atoms with Gasteiger partial charge in [0.1, 0.15) is 11.8 Å². The van der Waals surface area contributed by atoms with Gasteiger partial charge in [0.05, 0.1) is 19.3 Å². The molecule has 0 unspecified atom stereocenters. The third-order valence-electron chi connectivity index (χ3n) is 4.75. The van der Waals surface area contributed by atoms with Crippen molar-refractivity contribution in [3.05, 3.63) is 59.7 Å². The monoisotopic (exact) mass is 381 g/mol. The zero-order valence-electron chi connectivity index (χ0n) is 16.6. The molecule has 0 radical (unpaired) electrons. The molecule has 2 aromatic rings. The van der Waals surface area contributed by atoms with Crippen LogP contribution in [0, 0.1) is 6.92 Å². The van der Waals surface area contributed by atoms with E-state index in [0.717, 1.165) is 24.0 Å². The first-order valence-corrected chi connectivity index (χ1v) is 9.48. The Labute approximate surface area is 165 Å². The van der Waals surface area contributed by atoms with Crippen molar-refractivity contribution in [1.29, 1.82) is 0 Å². The Morgan fingerprint density at radius 2 is 1.89 bits per heavy atom. The van der Waals surface area contributed by atoms with Crippen LogP contribution in [-0.2, 0) is 9.59 Å². The summed E-state index contributed by atoms with van der Waals surface area (Å²) in [4.78, 5) is 27.2. The van der Waals surface area contributed by atoms with Crippen molar-refractivity contribution in [3.8, 4) is 5.75 Å². The fraction of sp³-hybridized carbons (Fsp3) is 0.364. The van der Waals surface area contributed by atoms with Crippen LogP contribution in [0.1, 0.15) is 30.0 Å². The first-order valence-electron chi connectivity index (χ1n) is 9.48. The first-order chi connectivity index (χ1) is 13.5. The molecular weight excluding hydrogens is 354 g/mol. The van der Waals surface area contributed by atoms with Gasteiger partial charge < -0.3 is 15.4 Å². The molecule has 6 nitrogen and oxygen atoms in total. The summed E-state index contributed by atoms with van der Waals surface area (Å²) in [5.41, 5.74) is 2.46. The fourth-order valence-electron chi connectivity index (χ4n) is 3.18. The van der Waals surface area contributed by atoms with Crippen molar-refractivity contribution in [1.82, 2.24) is 10.2 Å².